The van der Waals surface area contributed by atoms with Crippen molar-refractivity contribution in [2.45, 2.75) is 25.2 Å². The monoisotopic (exact) mass is 449 g/mol. The molecule has 1 saturated heterocycles. The largest absolute Gasteiger partial charge is 0.383 e. The zero-order valence-electron chi connectivity index (χ0n) is 17.7. The summed E-state index contributed by atoms with van der Waals surface area (Å²) in [4.78, 5) is 43.4. The van der Waals surface area contributed by atoms with Crippen LogP contribution in [-0.4, -0.2) is 60.6 Å². The maximum absolute atomic E-state index is 13.1. The van der Waals surface area contributed by atoms with E-state index >= 15 is 0 Å². The summed E-state index contributed by atoms with van der Waals surface area (Å²) >= 11 is 0. The van der Waals surface area contributed by atoms with Gasteiger partial charge in [0.05, 0.1) is 13.2 Å². The van der Waals surface area contributed by atoms with Crippen LogP contribution in [0.1, 0.15) is 27.0 Å². The molecule has 2 atom stereocenters. The molecule has 33 heavy (non-hydrogen) atoms. The molecule has 0 radical (unpaired) electrons. The van der Waals surface area contributed by atoms with Crippen molar-refractivity contribution in [1.82, 2.24) is 5.32 Å². The van der Waals surface area contributed by atoms with Gasteiger partial charge in [-0.3, -0.25) is 19.4 Å². The van der Waals surface area contributed by atoms with Gasteiger partial charge in [0.2, 0.25) is 0 Å². The fraction of sp³-hybridized carbons (Fsp3) is 0.304. The number of aliphatic hydroxyl groups excluding tert-OH is 1. The van der Waals surface area contributed by atoms with Gasteiger partial charge in [-0.2, -0.15) is 0 Å². The molecule has 3 aliphatic heterocycles. The zero-order chi connectivity index (χ0) is 23.1. The van der Waals surface area contributed by atoms with Crippen molar-refractivity contribution in [3.05, 3.63) is 58.7 Å². The Balaban J connectivity index is 1.30. The molecule has 10 nitrogen and oxygen atoms in total. The molecule has 170 valence electrons. The third-order valence-corrected chi connectivity index (χ3v) is 6.07. The highest BCUT2D eigenvalue weighted by Gasteiger charge is 2.39. The quantitative estimate of drug-likeness (QED) is 0.514. The van der Waals surface area contributed by atoms with E-state index in [9.17, 15) is 19.5 Å². The van der Waals surface area contributed by atoms with Crippen LogP contribution < -0.4 is 21.3 Å². The number of morpholine rings is 1. The molecule has 2 aromatic rings. The van der Waals surface area contributed by atoms with E-state index in [1.54, 1.807) is 36.4 Å². The third-order valence-electron chi connectivity index (χ3n) is 6.07. The summed E-state index contributed by atoms with van der Waals surface area (Å²) in [5.74, 6) is -0.947. The lowest BCUT2D eigenvalue weighted by molar-refractivity contribution is -0.150. The molecular weight excluding hydrogens is 426 g/mol. The van der Waals surface area contributed by atoms with Crippen molar-refractivity contribution in [3.8, 4) is 0 Å². The molecule has 3 heterocycles. The molecule has 0 bridgehead atoms. The average molecular weight is 449 g/mol. The third kappa shape index (κ3) is 3.83. The number of amides is 3. The summed E-state index contributed by atoms with van der Waals surface area (Å²) in [6.45, 7) is 1.40. The summed E-state index contributed by atoms with van der Waals surface area (Å²) in [7, 11) is 0. The molecule has 3 amide bonds. The number of nitrogens with one attached hydrogen (secondary N) is 2. The maximum Gasteiger partial charge on any atom is 0.259 e. The molecule has 10 heteroatoms. The molecule has 3 aliphatic rings. The minimum atomic E-state index is -1.70. The van der Waals surface area contributed by atoms with E-state index in [0.717, 1.165) is 16.7 Å². The van der Waals surface area contributed by atoms with E-state index in [2.05, 4.69) is 15.6 Å². The summed E-state index contributed by atoms with van der Waals surface area (Å²) in [6, 6.07) is 10.3. The summed E-state index contributed by atoms with van der Waals surface area (Å²) < 4.78 is 5.48. The number of amidine groups is 1. The van der Waals surface area contributed by atoms with Gasteiger partial charge in [0.15, 0.2) is 12.2 Å². The van der Waals surface area contributed by atoms with Crippen LogP contribution in [0.15, 0.2) is 41.4 Å². The second-order valence-corrected chi connectivity index (χ2v) is 8.14. The summed E-state index contributed by atoms with van der Waals surface area (Å²) in [5, 5.41) is 16.0. The number of benzene rings is 2. The number of aliphatic imine (C=N–C) groups is 1. The number of nitrogens with two attached hydrogens (primary N) is 1. The van der Waals surface area contributed by atoms with E-state index in [-0.39, 0.29) is 19.1 Å². The number of rotatable bonds is 4. The predicted octanol–water partition coefficient (Wildman–Crippen LogP) is -0.0772. The molecular formula is C23H23N5O5. The highest BCUT2D eigenvalue weighted by molar-refractivity contribution is 6.05. The first-order chi connectivity index (χ1) is 15.9. The van der Waals surface area contributed by atoms with Gasteiger partial charge in [-0.15, -0.1) is 0 Å². The van der Waals surface area contributed by atoms with Crippen molar-refractivity contribution in [1.29, 1.82) is 0 Å². The van der Waals surface area contributed by atoms with Crippen molar-refractivity contribution >= 4 is 34.9 Å². The smallest absolute Gasteiger partial charge is 0.259 e. The number of aliphatic hydroxyl groups is 1. The Morgan fingerprint density at radius 1 is 1.21 bits per heavy atom. The lowest BCUT2D eigenvalue weighted by Crippen LogP contribution is -2.55. The molecule has 0 unspecified atom stereocenters. The average Bonchev–Trinajstić information content (AvgIpc) is 3.18. The lowest BCUT2D eigenvalue weighted by Gasteiger charge is -2.34. The van der Waals surface area contributed by atoms with E-state index in [4.69, 9.17) is 10.5 Å². The SMILES string of the molecule is NC1=NCc2cc(NC(=O)[C@H](O)[C@H]3OCCN(c4ccc5c(c4)CCNC5=O)C3=O)ccc21. The Morgan fingerprint density at radius 3 is 2.88 bits per heavy atom. The van der Waals surface area contributed by atoms with Gasteiger partial charge in [0.25, 0.3) is 17.7 Å². The molecule has 5 N–H and O–H groups in total. The summed E-state index contributed by atoms with van der Waals surface area (Å²) in [5.41, 5.74) is 10.0. The first-order valence-electron chi connectivity index (χ1n) is 10.7. The van der Waals surface area contributed by atoms with Crippen LogP contribution in [0.2, 0.25) is 0 Å². The summed E-state index contributed by atoms with van der Waals surface area (Å²) in [6.07, 6.45) is -2.37. The van der Waals surface area contributed by atoms with Crippen molar-refractivity contribution in [2.75, 3.05) is 29.9 Å². The Morgan fingerprint density at radius 2 is 2.03 bits per heavy atom. The van der Waals surface area contributed by atoms with E-state index in [1.807, 2.05) is 0 Å². The van der Waals surface area contributed by atoms with E-state index in [1.165, 1.54) is 4.90 Å². The number of hydrogen-bond donors (Lipinski definition) is 4. The van der Waals surface area contributed by atoms with Crippen LogP contribution in [0, 0.1) is 0 Å². The first kappa shape index (κ1) is 21.1. The minimum Gasteiger partial charge on any atom is -0.383 e. The standard InChI is InChI=1S/C23H23N5O5/c24-20-16-3-1-14(9-13(16)11-26-20)27-22(31)18(29)19-23(32)28(7-8-33-19)15-2-4-17-12(10-15)5-6-25-21(17)30/h1-4,9-10,18-19,29H,5-8,11H2,(H2,24,26)(H,25,30)(H,27,31)/t18-,19-/m1/s1. The van der Waals surface area contributed by atoms with Crippen LogP contribution in [0.25, 0.3) is 0 Å². The van der Waals surface area contributed by atoms with Crippen molar-refractivity contribution < 1.29 is 24.2 Å². The number of carbonyl (C=O) groups excluding carboxylic acids is 3. The van der Waals surface area contributed by atoms with Gasteiger partial charge in [-0.1, -0.05) is 0 Å². The highest BCUT2D eigenvalue weighted by Crippen LogP contribution is 2.26. The molecule has 2 aromatic carbocycles. The topological polar surface area (TPSA) is 146 Å². The van der Waals surface area contributed by atoms with Crippen LogP contribution in [0.5, 0.6) is 0 Å². The number of carbonyl (C=O) groups is 3. The maximum atomic E-state index is 13.1. The van der Waals surface area contributed by atoms with Gasteiger partial charge >= 0.3 is 0 Å². The highest BCUT2D eigenvalue weighted by atomic mass is 16.5. The van der Waals surface area contributed by atoms with Crippen LogP contribution >= 0.6 is 0 Å². The molecule has 0 aliphatic carbocycles. The fourth-order valence-corrected chi connectivity index (χ4v) is 4.33. The first-order valence-corrected chi connectivity index (χ1v) is 10.7. The Bertz CT molecular complexity index is 1190. The number of nitrogens with zero attached hydrogens (tertiary/aromatic N) is 2. The second kappa shape index (κ2) is 8.30. The normalized spacial score (nSPS) is 20.5. The number of anilines is 2. The minimum absolute atomic E-state index is 0.137. The molecule has 0 saturated carbocycles. The molecule has 1 fully saturated rings. The number of hydrogen-bond acceptors (Lipinski definition) is 7. The van der Waals surface area contributed by atoms with Crippen LogP contribution in [-0.2, 0) is 27.3 Å². The number of fused-ring (bicyclic) bond motifs is 2. The van der Waals surface area contributed by atoms with Gasteiger partial charge in [-0.05, 0) is 53.9 Å². The second-order valence-electron chi connectivity index (χ2n) is 8.14. The van der Waals surface area contributed by atoms with Gasteiger partial charge in [-0.25, -0.2) is 0 Å². The molecule has 0 aromatic heterocycles. The van der Waals surface area contributed by atoms with Crippen molar-refractivity contribution in [3.63, 3.8) is 0 Å². The number of ether oxygens (including phenoxy) is 1. The van der Waals surface area contributed by atoms with E-state index < -0.39 is 24.0 Å². The lowest BCUT2D eigenvalue weighted by atomic mass is 9.99. The van der Waals surface area contributed by atoms with Crippen LogP contribution in [0.3, 0.4) is 0 Å². The predicted molar refractivity (Wildman–Crippen MR) is 120 cm³/mol. The van der Waals surface area contributed by atoms with Crippen LogP contribution in [0.4, 0.5) is 11.4 Å². The molecule has 0 spiro atoms. The zero-order valence-corrected chi connectivity index (χ0v) is 17.7. The molecule has 5 rings (SSSR count). The van der Waals surface area contributed by atoms with Gasteiger partial charge < -0.3 is 31.1 Å². The van der Waals surface area contributed by atoms with Crippen molar-refractivity contribution in [2.24, 2.45) is 10.7 Å². The Hall–Kier alpha value is -3.76. The van der Waals surface area contributed by atoms with Gasteiger partial charge in [0, 0.05) is 35.6 Å². The van der Waals surface area contributed by atoms with Gasteiger partial charge in [0.1, 0.15) is 5.84 Å². The Labute approximate surface area is 189 Å². The Kier molecular flexibility index (Phi) is 5.31. The fourth-order valence-electron chi connectivity index (χ4n) is 4.33. The van der Waals surface area contributed by atoms with E-state index in [0.29, 0.717) is 42.3 Å².